The molecular weight excluding hydrogens is 409 g/mol. The average Bonchev–Trinajstić information content (AvgIpc) is 2.96. The molecule has 0 radical (unpaired) electrons. The zero-order valence-electron chi connectivity index (χ0n) is 18.1. The van der Waals surface area contributed by atoms with E-state index < -0.39 is 29.4 Å². The van der Waals surface area contributed by atoms with E-state index in [0.29, 0.717) is 24.9 Å². The third-order valence-electron chi connectivity index (χ3n) is 8.10. The molecule has 4 nitrogen and oxygen atoms in total. The lowest BCUT2D eigenvalue weighted by atomic mass is 9.57. The number of halogens is 3. The average molecular weight is 441 g/mol. The van der Waals surface area contributed by atoms with E-state index in [1.807, 2.05) is 6.92 Å². The van der Waals surface area contributed by atoms with E-state index in [1.165, 1.54) is 12.1 Å². The first-order chi connectivity index (χ1) is 14.7. The quantitative estimate of drug-likeness (QED) is 0.547. The summed E-state index contributed by atoms with van der Waals surface area (Å²) in [6, 6.07) is 5.66. The smallest absolute Gasteiger partial charge is 0.349 e. The van der Waals surface area contributed by atoms with Gasteiger partial charge in [-0.3, -0.25) is 0 Å². The van der Waals surface area contributed by atoms with Crippen molar-refractivity contribution in [1.29, 1.82) is 0 Å². The van der Waals surface area contributed by atoms with Gasteiger partial charge < -0.3 is 9.47 Å². The summed E-state index contributed by atoms with van der Waals surface area (Å²) in [6.07, 6.45) is 1.57. The number of alkyl halides is 3. The number of hydrogen-bond donors (Lipinski definition) is 0. The molecule has 7 atom stereocenters. The van der Waals surface area contributed by atoms with Crippen LogP contribution in [-0.4, -0.2) is 24.3 Å². The van der Waals surface area contributed by atoms with Gasteiger partial charge in [-0.2, -0.15) is 13.2 Å². The number of aryl methyl sites for hydroxylation is 1. The van der Waals surface area contributed by atoms with Gasteiger partial charge in [-0.15, -0.1) is 0 Å². The van der Waals surface area contributed by atoms with Crippen molar-refractivity contribution < 1.29 is 32.4 Å². The SMILES string of the molecule is C[C@@H]1CC[C@H]2[C@@H](CCCc3cccc(C(F)(F)F)c3)COC3O[C@@]4(C)CC[C@@H]1[C@]32OO4. The Kier molecular flexibility index (Phi) is 5.40. The second kappa shape index (κ2) is 7.72. The van der Waals surface area contributed by atoms with Crippen molar-refractivity contribution in [3.63, 3.8) is 0 Å². The highest BCUT2D eigenvalue weighted by Gasteiger charge is 2.68. The van der Waals surface area contributed by atoms with Gasteiger partial charge in [0.25, 0.3) is 0 Å². The van der Waals surface area contributed by atoms with E-state index in [9.17, 15) is 13.2 Å². The number of rotatable bonds is 4. The van der Waals surface area contributed by atoms with Gasteiger partial charge >= 0.3 is 6.18 Å². The first kappa shape index (κ1) is 21.7. The van der Waals surface area contributed by atoms with E-state index in [1.54, 1.807) is 6.07 Å². The lowest BCUT2D eigenvalue weighted by molar-refractivity contribution is -0.567. The van der Waals surface area contributed by atoms with Crippen LogP contribution in [0.25, 0.3) is 0 Å². The van der Waals surface area contributed by atoms with Crippen LogP contribution in [0, 0.1) is 23.7 Å². The van der Waals surface area contributed by atoms with Crippen LogP contribution in [0.15, 0.2) is 24.3 Å². The molecular formula is C24H31F3O4. The van der Waals surface area contributed by atoms with E-state index >= 15 is 0 Å². The molecule has 0 amide bonds. The molecule has 1 saturated carbocycles. The molecule has 31 heavy (non-hydrogen) atoms. The first-order valence-corrected chi connectivity index (χ1v) is 11.5. The van der Waals surface area contributed by atoms with Crippen LogP contribution >= 0.6 is 0 Å². The summed E-state index contributed by atoms with van der Waals surface area (Å²) < 4.78 is 51.5. The molecule has 7 heteroatoms. The predicted molar refractivity (Wildman–Crippen MR) is 107 cm³/mol. The Morgan fingerprint density at radius 2 is 1.94 bits per heavy atom. The van der Waals surface area contributed by atoms with Gasteiger partial charge in [-0.25, -0.2) is 9.78 Å². The molecule has 0 N–H and O–H groups in total. The van der Waals surface area contributed by atoms with Crippen molar-refractivity contribution in [2.45, 2.75) is 82.6 Å². The van der Waals surface area contributed by atoms with Gasteiger partial charge in [-0.1, -0.05) is 25.1 Å². The van der Waals surface area contributed by atoms with Gasteiger partial charge in [-0.05, 0) is 74.8 Å². The third-order valence-corrected chi connectivity index (χ3v) is 8.10. The Balaban J connectivity index is 1.30. The molecule has 5 fully saturated rings. The predicted octanol–water partition coefficient (Wildman–Crippen LogP) is 5.89. The van der Waals surface area contributed by atoms with Crippen molar-refractivity contribution in [3.05, 3.63) is 35.4 Å². The zero-order chi connectivity index (χ0) is 21.9. The van der Waals surface area contributed by atoms with Gasteiger partial charge in [0.1, 0.15) is 0 Å². The van der Waals surface area contributed by atoms with Crippen molar-refractivity contribution in [2.24, 2.45) is 23.7 Å². The topological polar surface area (TPSA) is 36.9 Å². The van der Waals surface area contributed by atoms with Crippen LogP contribution in [-0.2, 0) is 31.8 Å². The molecule has 172 valence electrons. The third kappa shape index (κ3) is 3.71. The Labute approximate surface area is 181 Å². The standard InChI is InChI=1S/C24H31F3O4/c1-15-9-10-20-17(7-3-5-16-6-4-8-18(13-16)24(25,26)27)14-28-21-23(20)19(15)11-12-22(2,29-21)30-31-23/h4,6,8,13,15,17,19-21H,3,5,7,9-12,14H2,1-2H3/t15-,17+,19+,20+,21?,22-,23-/m1/s1. The van der Waals surface area contributed by atoms with Crippen LogP contribution in [0.4, 0.5) is 13.2 Å². The fraction of sp³-hybridized carbons (Fsp3) is 0.750. The maximum Gasteiger partial charge on any atom is 0.416 e. The Bertz CT molecular complexity index is 814. The highest BCUT2D eigenvalue weighted by atomic mass is 19.4. The number of hydrogen-bond acceptors (Lipinski definition) is 4. The molecule has 1 unspecified atom stereocenters. The van der Waals surface area contributed by atoms with Crippen LogP contribution in [0.1, 0.15) is 63.5 Å². The molecule has 4 heterocycles. The Morgan fingerprint density at radius 3 is 2.74 bits per heavy atom. The van der Waals surface area contributed by atoms with Gasteiger partial charge in [0.05, 0.1) is 12.2 Å². The lowest BCUT2D eigenvalue weighted by Gasteiger charge is -2.59. The molecule has 1 aliphatic carbocycles. The lowest BCUT2D eigenvalue weighted by Crippen LogP contribution is -2.69. The summed E-state index contributed by atoms with van der Waals surface area (Å²) in [7, 11) is 0. The molecule has 4 saturated heterocycles. The van der Waals surface area contributed by atoms with Crippen molar-refractivity contribution >= 4 is 0 Å². The van der Waals surface area contributed by atoms with Crippen molar-refractivity contribution in [3.8, 4) is 0 Å². The molecule has 1 aromatic carbocycles. The van der Waals surface area contributed by atoms with Crippen LogP contribution in [0.3, 0.4) is 0 Å². The first-order valence-electron chi connectivity index (χ1n) is 11.5. The van der Waals surface area contributed by atoms with Crippen LogP contribution in [0.2, 0.25) is 0 Å². The molecule has 1 aromatic rings. The Hall–Kier alpha value is -1.15. The zero-order valence-corrected chi connectivity index (χ0v) is 18.1. The van der Waals surface area contributed by atoms with Crippen molar-refractivity contribution in [2.75, 3.05) is 6.61 Å². The fourth-order valence-electron chi connectivity index (χ4n) is 6.48. The van der Waals surface area contributed by atoms with E-state index in [-0.39, 0.29) is 11.8 Å². The summed E-state index contributed by atoms with van der Waals surface area (Å²) in [6.45, 7) is 4.80. The summed E-state index contributed by atoms with van der Waals surface area (Å²) in [4.78, 5) is 12.0. The summed E-state index contributed by atoms with van der Waals surface area (Å²) in [5, 5.41) is 0. The summed E-state index contributed by atoms with van der Waals surface area (Å²) in [5.41, 5.74) is -0.431. The van der Waals surface area contributed by atoms with Crippen molar-refractivity contribution in [1.82, 2.24) is 0 Å². The highest BCUT2D eigenvalue weighted by Crippen LogP contribution is 2.60. The number of fused-ring (bicyclic) bond motifs is 2. The Morgan fingerprint density at radius 1 is 1.10 bits per heavy atom. The van der Waals surface area contributed by atoms with E-state index in [0.717, 1.165) is 50.2 Å². The van der Waals surface area contributed by atoms with E-state index in [2.05, 4.69) is 6.92 Å². The van der Waals surface area contributed by atoms with Gasteiger partial charge in [0.15, 0.2) is 11.9 Å². The maximum atomic E-state index is 13.0. The molecule has 0 aromatic heterocycles. The summed E-state index contributed by atoms with van der Waals surface area (Å²) >= 11 is 0. The molecule has 5 aliphatic rings. The van der Waals surface area contributed by atoms with Gasteiger partial charge in [0.2, 0.25) is 5.79 Å². The molecule has 6 rings (SSSR count). The minimum Gasteiger partial charge on any atom is -0.349 e. The van der Waals surface area contributed by atoms with Crippen LogP contribution in [0.5, 0.6) is 0 Å². The normalized spacial score (nSPS) is 42.2. The molecule has 1 spiro atoms. The highest BCUT2D eigenvalue weighted by molar-refractivity contribution is 5.25. The summed E-state index contributed by atoms with van der Waals surface area (Å²) in [5.74, 6) is 0.641. The minimum atomic E-state index is -4.30. The maximum absolute atomic E-state index is 13.0. The number of ether oxygens (including phenoxy) is 2. The minimum absolute atomic E-state index is 0.275. The van der Waals surface area contributed by atoms with Gasteiger partial charge in [0, 0.05) is 12.3 Å². The fourth-order valence-corrected chi connectivity index (χ4v) is 6.48. The largest absolute Gasteiger partial charge is 0.416 e. The number of benzene rings is 1. The monoisotopic (exact) mass is 440 g/mol. The van der Waals surface area contributed by atoms with Crippen LogP contribution < -0.4 is 0 Å². The molecule has 2 bridgehead atoms. The second-order valence-electron chi connectivity index (χ2n) is 10.1. The second-order valence-corrected chi connectivity index (χ2v) is 10.1. The molecule has 4 aliphatic heterocycles. The van der Waals surface area contributed by atoms with E-state index in [4.69, 9.17) is 19.2 Å².